The zero-order valence-electron chi connectivity index (χ0n) is 15.8. The van der Waals surface area contributed by atoms with Crippen LogP contribution in [0.5, 0.6) is 0 Å². The van der Waals surface area contributed by atoms with E-state index in [1.165, 1.54) is 11.2 Å². The molecule has 0 aliphatic carbocycles. The van der Waals surface area contributed by atoms with Gasteiger partial charge in [0.05, 0.1) is 12.1 Å². The van der Waals surface area contributed by atoms with Crippen molar-refractivity contribution in [1.29, 1.82) is 0 Å². The summed E-state index contributed by atoms with van der Waals surface area (Å²) in [5.74, 6) is -0.506. The molecule has 0 aliphatic heterocycles. The van der Waals surface area contributed by atoms with Gasteiger partial charge in [-0.2, -0.15) is 13.2 Å². The van der Waals surface area contributed by atoms with Crippen molar-refractivity contribution in [1.82, 2.24) is 24.8 Å². The first-order valence-corrected chi connectivity index (χ1v) is 9.27. The normalized spacial score (nSPS) is 11.7. The van der Waals surface area contributed by atoms with E-state index in [-0.39, 0.29) is 15.1 Å². The van der Waals surface area contributed by atoms with E-state index in [9.17, 15) is 18.0 Å². The highest BCUT2D eigenvalue weighted by Crippen LogP contribution is 2.26. The van der Waals surface area contributed by atoms with Crippen molar-refractivity contribution in [3.8, 4) is 11.3 Å². The summed E-state index contributed by atoms with van der Waals surface area (Å²) in [4.78, 5) is 28.5. The maximum absolute atomic E-state index is 13.0. The number of fused-ring (bicyclic) bond motifs is 1. The van der Waals surface area contributed by atoms with E-state index in [1.807, 2.05) is 12.1 Å². The number of halogens is 3. The highest BCUT2D eigenvalue weighted by atomic mass is 19.4. The number of benzene rings is 1. The lowest BCUT2D eigenvalue weighted by Crippen LogP contribution is -2.34. The summed E-state index contributed by atoms with van der Waals surface area (Å²) >= 11 is 0. The quantitative estimate of drug-likeness (QED) is 0.461. The van der Waals surface area contributed by atoms with Crippen LogP contribution in [0, 0.1) is 0 Å². The molecule has 0 unspecified atom stereocenters. The summed E-state index contributed by atoms with van der Waals surface area (Å²) in [6.07, 6.45) is -0.660. The van der Waals surface area contributed by atoms with E-state index in [1.54, 1.807) is 42.7 Å². The van der Waals surface area contributed by atoms with E-state index in [4.69, 9.17) is 0 Å². The largest absolute Gasteiger partial charge is 0.390 e. The van der Waals surface area contributed by atoms with Crippen molar-refractivity contribution < 1.29 is 20.8 Å². The predicted octanol–water partition coefficient (Wildman–Crippen LogP) is 5.04. The SMILES string of the molecule is O=C(c1cc(-c2ncnc3[nH]ccc23)c[nH]1)N(CCC(F)(F)F)Cc1ccccc1.[HH].[HH]. The number of hydrogen-bond acceptors (Lipinski definition) is 3. The van der Waals surface area contributed by atoms with Gasteiger partial charge in [-0.1, -0.05) is 30.3 Å². The second kappa shape index (κ2) is 8.02. The molecular formula is C21H22F3N5O. The molecule has 4 rings (SSSR count). The molecule has 158 valence electrons. The van der Waals surface area contributed by atoms with Gasteiger partial charge in [0.15, 0.2) is 0 Å². The molecule has 2 N–H and O–H groups in total. The molecule has 0 bridgehead atoms. The molecule has 0 radical (unpaired) electrons. The standard InChI is InChI=1S/C21H18F3N5O.2H2/c22-21(23,24)7-9-29(12-14-4-2-1-3-5-14)20(30)17-10-15(11-26-17)18-16-6-8-25-19(16)28-13-27-18;;/h1-6,8,10-11,13,26H,7,9,12H2,(H,25,27,28);2*1H. The zero-order valence-corrected chi connectivity index (χ0v) is 15.8. The zero-order chi connectivity index (χ0) is 21.1. The minimum atomic E-state index is -4.35. The Bertz CT molecular complexity index is 1160. The Morgan fingerprint density at radius 3 is 2.67 bits per heavy atom. The van der Waals surface area contributed by atoms with Crippen LogP contribution in [-0.2, 0) is 6.54 Å². The molecule has 6 nitrogen and oxygen atoms in total. The summed E-state index contributed by atoms with van der Waals surface area (Å²) in [7, 11) is 0. The maximum atomic E-state index is 13.0. The molecular weight excluding hydrogens is 395 g/mol. The Morgan fingerprint density at radius 1 is 1.10 bits per heavy atom. The third-order valence-corrected chi connectivity index (χ3v) is 4.71. The Morgan fingerprint density at radius 2 is 1.90 bits per heavy atom. The second-order valence-corrected chi connectivity index (χ2v) is 6.84. The number of alkyl halides is 3. The van der Waals surface area contributed by atoms with Crippen molar-refractivity contribution >= 4 is 16.9 Å². The Kier molecular flexibility index (Phi) is 5.26. The third-order valence-electron chi connectivity index (χ3n) is 4.71. The van der Waals surface area contributed by atoms with Crippen LogP contribution in [-0.4, -0.2) is 43.5 Å². The van der Waals surface area contributed by atoms with Crippen molar-refractivity contribution in [3.63, 3.8) is 0 Å². The minimum Gasteiger partial charge on any atom is -0.357 e. The number of nitrogens with one attached hydrogen (secondary N) is 2. The lowest BCUT2D eigenvalue weighted by molar-refractivity contribution is -0.136. The molecule has 9 heteroatoms. The Labute approximate surface area is 172 Å². The smallest absolute Gasteiger partial charge is 0.357 e. The second-order valence-electron chi connectivity index (χ2n) is 6.84. The van der Waals surface area contributed by atoms with Crippen LogP contribution in [0.2, 0.25) is 0 Å². The van der Waals surface area contributed by atoms with Crippen LogP contribution in [0.3, 0.4) is 0 Å². The van der Waals surface area contributed by atoms with Gasteiger partial charge in [0.1, 0.15) is 17.7 Å². The molecule has 0 saturated heterocycles. The lowest BCUT2D eigenvalue weighted by Gasteiger charge is -2.23. The van der Waals surface area contributed by atoms with E-state index < -0.39 is 25.0 Å². The summed E-state index contributed by atoms with van der Waals surface area (Å²) in [5, 5.41) is 0.786. The molecule has 4 aromatic rings. The maximum Gasteiger partial charge on any atom is 0.390 e. The molecule has 1 aromatic carbocycles. The van der Waals surface area contributed by atoms with Gasteiger partial charge in [-0.3, -0.25) is 4.79 Å². The predicted molar refractivity (Wildman–Crippen MR) is 110 cm³/mol. The fourth-order valence-corrected chi connectivity index (χ4v) is 3.25. The van der Waals surface area contributed by atoms with Gasteiger partial charge in [-0.15, -0.1) is 0 Å². The number of hydrogen-bond donors (Lipinski definition) is 2. The molecule has 1 amide bonds. The van der Waals surface area contributed by atoms with E-state index in [2.05, 4.69) is 19.9 Å². The average molecular weight is 417 g/mol. The van der Waals surface area contributed by atoms with Crippen LogP contribution in [0.25, 0.3) is 22.3 Å². The first-order valence-electron chi connectivity index (χ1n) is 9.27. The van der Waals surface area contributed by atoms with Gasteiger partial charge in [0.2, 0.25) is 0 Å². The van der Waals surface area contributed by atoms with Crippen molar-refractivity contribution in [3.05, 3.63) is 72.4 Å². The average Bonchev–Trinajstić information content (AvgIpc) is 3.40. The minimum absolute atomic E-state index is 0. The molecule has 30 heavy (non-hydrogen) atoms. The lowest BCUT2D eigenvalue weighted by atomic mass is 10.1. The Balaban J connectivity index is 0.00000181. The summed E-state index contributed by atoms with van der Waals surface area (Å²) in [5.41, 5.74) is 2.89. The first-order chi connectivity index (χ1) is 14.4. The number of aromatic amines is 2. The fourth-order valence-electron chi connectivity index (χ4n) is 3.25. The number of rotatable bonds is 6. The monoisotopic (exact) mass is 417 g/mol. The molecule has 0 aliphatic rings. The van der Waals surface area contributed by atoms with Crippen LogP contribution >= 0.6 is 0 Å². The summed E-state index contributed by atoms with van der Waals surface area (Å²) < 4.78 is 38.4. The summed E-state index contributed by atoms with van der Waals surface area (Å²) in [6, 6.07) is 12.4. The molecule has 0 fully saturated rings. The van der Waals surface area contributed by atoms with Crippen LogP contribution in [0.1, 0.15) is 25.3 Å². The summed E-state index contributed by atoms with van der Waals surface area (Å²) in [6.45, 7) is -0.346. The molecule has 0 saturated carbocycles. The van der Waals surface area contributed by atoms with Crippen molar-refractivity contribution in [2.45, 2.75) is 19.1 Å². The van der Waals surface area contributed by atoms with Crippen molar-refractivity contribution in [2.75, 3.05) is 6.54 Å². The van der Waals surface area contributed by atoms with E-state index in [0.29, 0.717) is 16.9 Å². The van der Waals surface area contributed by atoms with Gasteiger partial charge in [0, 0.05) is 39.3 Å². The van der Waals surface area contributed by atoms with E-state index in [0.717, 1.165) is 10.9 Å². The number of carbonyl (C=O) groups excluding carboxylic acids is 1. The first kappa shape index (κ1) is 19.7. The van der Waals surface area contributed by atoms with Crippen molar-refractivity contribution in [2.24, 2.45) is 0 Å². The molecule has 0 atom stereocenters. The fraction of sp³-hybridized carbons (Fsp3) is 0.190. The Hall–Kier alpha value is -3.62. The number of carbonyl (C=O) groups is 1. The highest BCUT2D eigenvalue weighted by Gasteiger charge is 2.29. The number of nitrogens with zero attached hydrogens (tertiary/aromatic N) is 3. The topological polar surface area (TPSA) is 77.7 Å². The van der Waals surface area contributed by atoms with Gasteiger partial charge >= 0.3 is 6.18 Å². The molecule has 3 heterocycles. The number of amides is 1. The van der Waals surface area contributed by atoms with Crippen LogP contribution in [0.15, 0.2) is 61.2 Å². The third kappa shape index (κ3) is 4.35. The van der Waals surface area contributed by atoms with Gasteiger partial charge < -0.3 is 14.9 Å². The molecule has 0 spiro atoms. The van der Waals surface area contributed by atoms with Crippen LogP contribution < -0.4 is 0 Å². The molecule has 3 aromatic heterocycles. The highest BCUT2D eigenvalue weighted by molar-refractivity contribution is 5.96. The van der Waals surface area contributed by atoms with Gasteiger partial charge in [-0.25, -0.2) is 9.97 Å². The van der Waals surface area contributed by atoms with Gasteiger partial charge in [0.25, 0.3) is 5.91 Å². The van der Waals surface area contributed by atoms with Gasteiger partial charge in [-0.05, 0) is 17.7 Å². The van der Waals surface area contributed by atoms with E-state index >= 15 is 0 Å². The number of H-pyrrole nitrogens is 2. The number of aromatic nitrogens is 4. The van der Waals surface area contributed by atoms with Crippen LogP contribution in [0.4, 0.5) is 13.2 Å².